The molecule has 0 atom stereocenters. The Balaban J connectivity index is 0.000000203. The lowest BCUT2D eigenvalue weighted by Crippen LogP contribution is -1.77. The third kappa shape index (κ3) is 4.41. The smallest absolute Gasteiger partial charge is 0.0433 e. The molecule has 0 saturated carbocycles. The van der Waals surface area contributed by atoms with Gasteiger partial charge in [-0.15, -0.1) is 11.3 Å². The van der Waals surface area contributed by atoms with E-state index >= 15 is 0 Å². The zero-order valence-electron chi connectivity index (χ0n) is 14.7. The molecule has 4 aromatic carbocycles. The van der Waals surface area contributed by atoms with Crippen LogP contribution in [0.3, 0.4) is 0 Å². The van der Waals surface area contributed by atoms with Crippen molar-refractivity contribution in [3.05, 3.63) is 104 Å². The molecule has 28 heavy (non-hydrogen) atoms. The molecule has 0 spiro atoms. The average molecular weight is 575 g/mol. The summed E-state index contributed by atoms with van der Waals surface area (Å²) in [5, 5.41) is 2.70. The second-order valence-electron chi connectivity index (χ2n) is 6.23. The van der Waals surface area contributed by atoms with Crippen molar-refractivity contribution in [2.75, 3.05) is 0 Å². The predicted octanol–water partition coefficient (Wildman–Crippen LogP) is 9.70. The summed E-state index contributed by atoms with van der Waals surface area (Å²) in [5.74, 6) is 0. The minimum atomic E-state index is 1.10. The molecule has 5 rings (SSSR count). The van der Waals surface area contributed by atoms with Crippen molar-refractivity contribution in [3.63, 3.8) is 0 Å². The maximum atomic E-state index is 3.56. The van der Waals surface area contributed by atoms with Crippen LogP contribution in [0.25, 0.3) is 31.3 Å². The monoisotopic (exact) mass is 572 g/mol. The van der Waals surface area contributed by atoms with Crippen molar-refractivity contribution in [2.24, 2.45) is 0 Å². The minimum Gasteiger partial charge on any atom is -0.135 e. The largest absolute Gasteiger partial charge is 0.135 e. The van der Waals surface area contributed by atoms with Crippen LogP contribution in [0.4, 0.5) is 0 Å². The maximum Gasteiger partial charge on any atom is 0.0433 e. The van der Waals surface area contributed by atoms with Crippen LogP contribution >= 0.6 is 59.1 Å². The fourth-order valence-electron chi connectivity index (χ4n) is 3.09. The summed E-state index contributed by atoms with van der Waals surface area (Å²) in [5.41, 5.74) is 2.57. The molecule has 0 radical (unpaired) electrons. The summed E-state index contributed by atoms with van der Waals surface area (Å²) < 4.78 is 6.05. The van der Waals surface area contributed by atoms with Gasteiger partial charge in [-0.1, -0.05) is 102 Å². The molecule has 4 heteroatoms. The van der Waals surface area contributed by atoms with E-state index < -0.39 is 0 Å². The Hall–Kier alpha value is -1.46. The Labute approximate surface area is 193 Å². The standard InChI is InChI=1S/C18H11BrS.C6H4Br2/c19-13-6-3-5-12(11-13)14-8-4-9-16-15-7-1-2-10-17(15)20-18(14)16;7-5-2-1-3-6(8)4-5/h1-11H;1-4H. The fraction of sp³-hybridized carbons (Fsp3) is 0. The highest BCUT2D eigenvalue weighted by Gasteiger charge is 2.09. The van der Waals surface area contributed by atoms with Crippen LogP contribution in [0, 0.1) is 0 Å². The Bertz CT molecular complexity index is 1240. The van der Waals surface area contributed by atoms with Crippen molar-refractivity contribution < 1.29 is 0 Å². The van der Waals surface area contributed by atoms with E-state index in [4.69, 9.17) is 0 Å². The molecule has 0 aliphatic carbocycles. The van der Waals surface area contributed by atoms with Crippen LogP contribution in [0.2, 0.25) is 0 Å². The first-order chi connectivity index (χ1) is 13.6. The first kappa shape index (κ1) is 19.8. The lowest BCUT2D eigenvalue weighted by molar-refractivity contribution is 1.60. The molecule has 0 aliphatic heterocycles. The van der Waals surface area contributed by atoms with Gasteiger partial charge in [0.05, 0.1) is 0 Å². The second kappa shape index (κ2) is 8.91. The number of thiophene rings is 1. The van der Waals surface area contributed by atoms with Crippen molar-refractivity contribution >= 4 is 79.3 Å². The van der Waals surface area contributed by atoms with Crippen LogP contribution in [0.1, 0.15) is 0 Å². The molecule has 0 aliphatic rings. The van der Waals surface area contributed by atoms with Crippen molar-refractivity contribution in [1.82, 2.24) is 0 Å². The highest BCUT2D eigenvalue weighted by Crippen LogP contribution is 2.39. The molecule has 0 N–H and O–H groups in total. The molecule has 138 valence electrons. The Kier molecular flexibility index (Phi) is 6.32. The third-order valence-corrected chi connectivity index (χ3v) is 7.03. The second-order valence-corrected chi connectivity index (χ2v) is 10.0. The van der Waals surface area contributed by atoms with Gasteiger partial charge in [0.25, 0.3) is 0 Å². The van der Waals surface area contributed by atoms with Gasteiger partial charge in [-0.3, -0.25) is 0 Å². The lowest BCUT2D eigenvalue weighted by atomic mass is 10.0. The number of halogens is 3. The van der Waals surface area contributed by atoms with E-state index in [0.29, 0.717) is 0 Å². The van der Waals surface area contributed by atoms with E-state index in [2.05, 4.69) is 115 Å². The zero-order chi connectivity index (χ0) is 19.5. The van der Waals surface area contributed by atoms with Gasteiger partial charge in [-0.2, -0.15) is 0 Å². The molecule has 0 unspecified atom stereocenters. The summed E-state index contributed by atoms with van der Waals surface area (Å²) in [7, 11) is 0. The van der Waals surface area contributed by atoms with E-state index in [1.807, 2.05) is 35.6 Å². The summed E-state index contributed by atoms with van der Waals surface area (Å²) >= 11 is 12.1. The van der Waals surface area contributed by atoms with Gasteiger partial charge in [0, 0.05) is 33.6 Å². The van der Waals surface area contributed by atoms with Gasteiger partial charge in [0.2, 0.25) is 0 Å². The van der Waals surface area contributed by atoms with Gasteiger partial charge in [0.15, 0.2) is 0 Å². The zero-order valence-corrected chi connectivity index (χ0v) is 20.3. The van der Waals surface area contributed by atoms with Crippen LogP contribution in [-0.4, -0.2) is 0 Å². The van der Waals surface area contributed by atoms with Crippen LogP contribution in [0.5, 0.6) is 0 Å². The summed E-state index contributed by atoms with van der Waals surface area (Å²) in [6, 6.07) is 31.7. The number of rotatable bonds is 1. The van der Waals surface area contributed by atoms with Crippen LogP contribution in [0.15, 0.2) is 104 Å². The SMILES string of the molecule is Brc1cccc(-c2cccc3c2sc2ccccc23)c1.Brc1cccc(Br)c1. The first-order valence-corrected chi connectivity index (χ1v) is 11.9. The van der Waals surface area contributed by atoms with E-state index in [-0.39, 0.29) is 0 Å². The molecule has 1 heterocycles. The van der Waals surface area contributed by atoms with Crippen LogP contribution in [-0.2, 0) is 0 Å². The molecule has 0 saturated heterocycles. The topological polar surface area (TPSA) is 0 Å². The Morgan fingerprint density at radius 1 is 0.536 bits per heavy atom. The highest BCUT2D eigenvalue weighted by atomic mass is 79.9. The van der Waals surface area contributed by atoms with E-state index in [0.717, 1.165) is 13.4 Å². The summed E-state index contributed by atoms with van der Waals surface area (Å²) in [6.07, 6.45) is 0. The minimum absolute atomic E-state index is 1.10. The number of benzene rings is 4. The van der Waals surface area contributed by atoms with E-state index in [1.54, 1.807) is 0 Å². The normalized spacial score (nSPS) is 10.7. The molecule has 1 aromatic heterocycles. The quantitative estimate of drug-likeness (QED) is 0.187. The van der Waals surface area contributed by atoms with Crippen molar-refractivity contribution in [2.45, 2.75) is 0 Å². The average Bonchev–Trinajstić information content (AvgIpc) is 3.07. The van der Waals surface area contributed by atoms with Gasteiger partial charge < -0.3 is 0 Å². The molecule has 0 fully saturated rings. The molecular weight excluding hydrogens is 560 g/mol. The van der Waals surface area contributed by atoms with Crippen molar-refractivity contribution in [1.29, 1.82) is 0 Å². The fourth-order valence-corrected chi connectivity index (χ4v) is 5.83. The maximum absolute atomic E-state index is 3.56. The van der Waals surface area contributed by atoms with E-state index in [1.165, 1.54) is 31.3 Å². The third-order valence-electron chi connectivity index (χ3n) is 4.33. The van der Waals surface area contributed by atoms with Gasteiger partial charge in [-0.25, -0.2) is 0 Å². The van der Waals surface area contributed by atoms with Crippen molar-refractivity contribution in [3.8, 4) is 11.1 Å². The first-order valence-electron chi connectivity index (χ1n) is 8.69. The van der Waals surface area contributed by atoms with Gasteiger partial charge >= 0.3 is 0 Å². The molecule has 0 nitrogen and oxygen atoms in total. The number of hydrogen-bond acceptors (Lipinski definition) is 1. The molecule has 0 amide bonds. The molecule has 0 bridgehead atoms. The number of fused-ring (bicyclic) bond motifs is 3. The molecular formula is C24H15Br3S. The number of hydrogen-bond donors (Lipinski definition) is 0. The lowest BCUT2D eigenvalue weighted by Gasteiger charge is -2.04. The highest BCUT2D eigenvalue weighted by molar-refractivity contribution is 9.11. The van der Waals surface area contributed by atoms with Gasteiger partial charge in [0.1, 0.15) is 0 Å². The summed E-state index contributed by atoms with van der Waals surface area (Å²) in [6.45, 7) is 0. The Morgan fingerprint density at radius 3 is 1.82 bits per heavy atom. The van der Waals surface area contributed by atoms with E-state index in [9.17, 15) is 0 Å². The predicted molar refractivity (Wildman–Crippen MR) is 134 cm³/mol. The van der Waals surface area contributed by atoms with Crippen LogP contribution < -0.4 is 0 Å². The summed E-state index contributed by atoms with van der Waals surface area (Å²) in [4.78, 5) is 0. The molecule has 5 aromatic rings. The van der Waals surface area contributed by atoms with Gasteiger partial charge in [-0.05, 0) is 47.5 Å². The Morgan fingerprint density at radius 2 is 1.14 bits per heavy atom.